The van der Waals surface area contributed by atoms with Gasteiger partial charge in [0.05, 0.1) is 20.1 Å². The normalized spacial score (nSPS) is 21.2. The van der Waals surface area contributed by atoms with Crippen LogP contribution in [0.4, 0.5) is 5.69 Å². The second-order valence-electron chi connectivity index (χ2n) is 6.37. The Hall–Kier alpha value is -2.28. The third kappa shape index (κ3) is 3.71. The third-order valence-corrected chi connectivity index (χ3v) is 4.80. The topological polar surface area (TPSA) is 71.1 Å². The molecule has 1 N–H and O–H groups in total. The van der Waals surface area contributed by atoms with Crippen LogP contribution in [0.1, 0.15) is 12.8 Å². The maximum Gasteiger partial charge on any atom is 0.228 e. The molecule has 0 radical (unpaired) electrons. The van der Waals surface area contributed by atoms with Gasteiger partial charge in [0.2, 0.25) is 11.8 Å². The quantitative estimate of drug-likeness (QED) is 0.875. The van der Waals surface area contributed by atoms with Gasteiger partial charge in [-0.25, -0.2) is 0 Å². The minimum absolute atomic E-state index is 0.0292. The summed E-state index contributed by atoms with van der Waals surface area (Å²) in [5.74, 6) is 0.959. The van der Waals surface area contributed by atoms with Crippen LogP contribution in [0.15, 0.2) is 18.2 Å². The molecule has 0 aliphatic carbocycles. The van der Waals surface area contributed by atoms with Crippen molar-refractivity contribution in [2.45, 2.75) is 12.8 Å². The van der Waals surface area contributed by atoms with Crippen LogP contribution in [-0.4, -0.2) is 63.7 Å². The minimum Gasteiger partial charge on any atom is -0.493 e. The highest BCUT2D eigenvalue weighted by Gasteiger charge is 2.37. The zero-order valence-electron chi connectivity index (χ0n) is 14.8. The highest BCUT2D eigenvalue weighted by Crippen LogP contribution is 2.34. The average molecular weight is 347 g/mol. The van der Waals surface area contributed by atoms with Gasteiger partial charge in [-0.05, 0) is 25.1 Å². The standard InChI is InChI=1S/C18H25N3O4/c1-24-15-5-4-14(11-16(15)25-2)21-12-13(10-17(21)22)18(23)20-8-3-6-19-7-9-20/h4-5,11,13,19H,3,6-10,12H2,1-2H3/t13-/m1/s1. The second-order valence-corrected chi connectivity index (χ2v) is 6.37. The van der Waals surface area contributed by atoms with Gasteiger partial charge in [0, 0.05) is 44.4 Å². The largest absolute Gasteiger partial charge is 0.493 e. The zero-order chi connectivity index (χ0) is 17.8. The third-order valence-electron chi connectivity index (χ3n) is 4.80. The first kappa shape index (κ1) is 17.5. The van der Waals surface area contributed by atoms with Crippen molar-refractivity contribution in [2.75, 3.05) is 51.8 Å². The van der Waals surface area contributed by atoms with Crippen LogP contribution >= 0.6 is 0 Å². The van der Waals surface area contributed by atoms with Crippen molar-refractivity contribution in [3.05, 3.63) is 18.2 Å². The number of amides is 2. The van der Waals surface area contributed by atoms with Gasteiger partial charge in [0.1, 0.15) is 0 Å². The molecule has 0 saturated carbocycles. The summed E-state index contributed by atoms with van der Waals surface area (Å²) in [5, 5.41) is 3.29. The van der Waals surface area contributed by atoms with Gasteiger partial charge >= 0.3 is 0 Å². The molecule has 1 atom stereocenters. The number of ether oxygens (including phenoxy) is 2. The number of benzene rings is 1. The molecule has 136 valence electrons. The predicted octanol–water partition coefficient (Wildman–Crippen LogP) is 0.879. The van der Waals surface area contributed by atoms with E-state index in [-0.39, 0.29) is 24.2 Å². The molecule has 25 heavy (non-hydrogen) atoms. The first-order valence-electron chi connectivity index (χ1n) is 8.66. The van der Waals surface area contributed by atoms with Crippen molar-refractivity contribution >= 4 is 17.5 Å². The number of nitrogens with zero attached hydrogens (tertiary/aromatic N) is 2. The van der Waals surface area contributed by atoms with Crippen LogP contribution in [0, 0.1) is 5.92 Å². The Bertz CT molecular complexity index is 641. The van der Waals surface area contributed by atoms with Crippen molar-refractivity contribution in [3.8, 4) is 11.5 Å². The van der Waals surface area contributed by atoms with Crippen LogP contribution in [0.25, 0.3) is 0 Å². The van der Waals surface area contributed by atoms with Crippen molar-refractivity contribution in [1.82, 2.24) is 10.2 Å². The number of hydrogen-bond acceptors (Lipinski definition) is 5. The van der Waals surface area contributed by atoms with E-state index in [0.29, 0.717) is 24.6 Å². The summed E-state index contributed by atoms with van der Waals surface area (Å²) < 4.78 is 10.5. The number of carbonyl (C=O) groups is 2. The van der Waals surface area contributed by atoms with Crippen LogP contribution in [-0.2, 0) is 9.59 Å². The lowest BCUT2D eigenvalue weighted by Crippen LogP contribution is -2.39. The average Bonchev–Trinajstić information content (AvgIpc) is 2.85. The molecule has 2 heterocycles. The van der Waals surface area contributed by atoms with Gasteiger partial charge in [-0.2, -0.15) is 0 Å². The monoisotopic (exact) mass is 347 g/mol. The Morgan fingerprint density at radius 2 is 1.96 bits per heavy atom. The summed E-state index contributed by atoms with van der Waals surface area (Å²) in [4.78, 5) is 28.8. The SMILES string of the molecule is COc1ccc(N2C[C@H](C(=O)N3CCCNCC3)CC2=O)cc1OC. The molecular formula is C18H25N3O4. The number of anilines is 1. The van der Waals surface area contributed by atoms with Gasteiger partial charge in [-0.3, -0.25) is 9.59 Å². The molecule has 2 aliphatic heterocycles. The lowest BCUT2D eigenvalue weighted by molar-refractivity contribution is -0.135. The lowest BCUT2D eigenvalue weighted by Gasteiger charge is -2.24. The molecule has 2 aliphatic rings. The van der Waals surface area contributed by atoms with Gasteiger partial charge in [0.25, 0.3) is 0 Å². The van der Waals surface area contributed by atoms with Crippen molar-refractivity contribution < 1.29 is 19.1 Å². The van der Waals surface area contributed by atoms with Crippen molar-refractivity contribution in [1.29, 1.82) is 0 Å². The first-order chi connectivity index (χ1) is 12.1. The molecule has 2 saturated heterocycles. The van der Waals surface area contributed by atoms with Gasteiger partial charge < -0.3 is 24.6 Å². The molecule has 0 aromatic heterocycles. The van der Waals surface area contributed by atoms with Crippen LogP contribution in [0.3, 0.4) is 0 Å². The lowest BCUT2D eigenvalue weighted by atomic mass is 10.1. The molecule has 0 unspecified atom stereocenters. The predicted molar refractivity (Wildman–Crippen MR) is 94.1 cm³/mol. The zero-order valence-corrected chi connectivity index (χ0v) is 14.8. The molecule has 2 amide bonds. The fourth-order valence-electron chi connectivity index (χ4n) is 3.44. The molecule has 0 bridgehead atoms. The van der Waals surface area contributed by atoms with Crippen LogP contribution in [0.2, 0.25) is 0 Å². The highest BCUT2D eigenvalue weighted by molar-refractivity contribution is 6.00. The van der Waals surface area contributed by atoms with E-state index in [9.17, 15) is 9.59 Å². The Morgan fingerprint density at radius 3 is 2.72 bits per heavy atom. The first-order valence-corrected chi connectivity index (χ1v) is 8.66. The summed E-state index contributed by atoms with van der Waals surface area (Å²) in [6, 6.07) is 5.37. The minimum atomic E-state index is -0.279. The molecule has 1 aromatic carbocycles. The van der Waals surface area contributed by atoms with Gasteiger partial charge in [-0.15, -0.1) is 0 Å². The number of rotatable bonds is 4. The number of carbonyl (C=O) groups excluding carboxylic acids is 2. The Balaban J connectivity index is 1.72. The molecule has 2 fully saturated rings. The van der Waals surface area contributed by atoms with Crippen molar-refractivity contribution in [2.24, 2.45) is 5.92 Å². The van der Waals surface area contributed by atoms with E-state index in [4.69, 9.17) is 9.47 Å². The van der Waals surface area contributed by atoms with E-state index in [0.717, 1.165) is 31.7 Å². The maximum absolute atomic E-state index is 12.8. The summed E-state index contributed by atoms with van der Waals surface area (Å²) in [6.45, 7) is 3.63. The number of hydrogen-bond donors (Lipinski definition) is 1. The van der Waals surface area contributed by atoms with E-state index in [2.05, 4.69) is 5.32 Å². The molecule has 1 aromatic rings. The Kier molecular flexibility index (Phi) is 5.43. The molecule has 3 rings (SSSR count). The molecule has 7 heteroatoms. The molecular weight excluding hydrogens is 322 g/mol. The fraction of sp³-hybridized carbons (Fsp3) is 0.556. The Labute approximate surface area is 147 Å². The molecule has 7 nitrogen and oxygen atoms in total. The van der Waals surface area contributed by atoms with Crippen LogP contribution < -0.4 is 19.7 Å². The van der Waals surface area contributed by atoms with Gasteiger partial charge in [0.15, 0.2) is 11.5 Å². The summed E-state index contributed by atoms with van der Waals surface area (Å²) in [6.07, 6.45) is 1.21. The summed E-state index contributed by atoms with van der Waals surface area (Å²) in [7, 11) is 3.14. The van der Waals surface area contributed by atoms with Crippen LogP contribution in [0.5, 0.6) is 11.5 Å². The van der Waals surface area contributed by atoms with E-state index in [1.54, 1.807) is 31.3 Å². The summed E-state index contributed by atoms with van der Waals surface area (Å²) >= 11 is 0. The second kappa shape index (κ2) is 7.74. The van der Waals surface area contributed by atoms with Crippen molar-refractivity contribution in [3.63, 3.8) is 0 Å². The fourth-order valence-corrected chi connectivity index (χ4v) is 3.44. The Morgan fingerprint density at radius 1 is 1.16 bits per heavy atom. The van der Waals surface area contributed by atoms with Gasteiger partial charge in [-0.1, -0.05) is 0 Å². The number of nitrogens with one attached hydrogen (secondary N) is 1. The van der Waals surface area contributed by atoms with E-state index < -0.39 is 0 Å². The van der Waals surface area contributed by atoms with E-state index >= 15 is 0 Å². The maximum atomic E-state index is 12.8. The van der Waals surface area contributed by atoms with E-state index in [1.807, 2.05) is 11.0 Å². The smallest absolute Gasteiger partial charge is 0.228 e. The summed E-state index contributed by atoms with van der Waals surface area (Å²) in [5.41, 5.74) is 0.732. The van der Waals surface area contributed by atoms with E-state index in [1.165, 1.54) is 0 Å². The number of methoxy groups -OCH3 is 2. The molecule has 0 spiro atoms. The highest BCUT2D eigenvalue weighted by atomic mass is 16.5.